The Morgan fingerprint density at radius 2 is 1.66 bits per heavy atom. The zero-order valence-electron chi connectivity index (χ0n) is 19.5. The van der Waals surface area contributed by atoms with E-state index in [9.17, 15) is 0 Å². The summed E-state index contributed by atoms with van der Waals surface area (Å²) in [7, 11) is 0. The summed E-state index contributed by atoms with van der Waals surface area (Å²) in [4.78, 5) is 4.84. The summed E-state index contributed by atoms with van der Waals surface area (Å²) in [5, 5.41) is 0. The van der Waals surface area contributed by atoms with Crippen LogP contribution in [-0.4, -0.2) is 16.2 Å². The smallest absolute Gasteiger partial charge is 0.148 e. The molecular weight excluding hydrogens is 396 g/mol. The van der Waals surface area contributed by atoms with E-state index in [1.165, 1.54) is 11.1 Å². The molecule has 0 fully saturated rings. The second kappa shape index (κ2) is 9.90. The summed E-state index contributed by atoms with van der Waals surface area (Å²) in [6.07, 6.45) is 0.892. The van der Waals surface area contributed by atoms with Crippen molar-refractivity contribution in [1.82, 2.24) is 9.55 Å². The maximum absolute atomic E-state index is 6.21. The van der Waals surface area contributed by atoms with Gasteiger partial charge in [0.1, 0.15) is 23.9 Å². The molecule has 0 unspecified atom stereocenters. The van der Waals surface area contributed by atoms with Crippen LogP contribution < -0.4 is 9.47 Å². The van der Waals surface area contributed by atoms with Gasteiger partial charge in [-0.05, 0) is 67.1 Å². The number of fused-ring (bicyclic) bond motifs is 1. The summed E-state index contributed by atoms with van der Waals surface area (Å²) in [5.74, 6) is 3.27. The minimum atomic E-state index is 0.438. The number of aryl methyl sites for hydroxylation is 3. The van der Waals surface area contributed by atoms with Gasteiger partial charge in [-0.15, -0.1) is 0 Å². The number of nitrogens with zero attached hydrogens (tertiary/aromatic N) is 2. The maximum Gasteiger partial charge on any atom is 0.148 e. The predicted molar refractivity (Wildman–Crippen MR) is 131 cm³/mol. The van der Waals surface area contributed by atoms with Gasteiger partial charge in [-0.2, -0.15) is 0 Å². The van der Waals surface area contributed by atoms with Crippen molar-refractivity contribution in [2.24, 2.45) is 0 Å². The molecule has 0 aliphatic carbocycles. The van der Waals surface area contributed by atoms with Crippen LogP contribution in [0.5, 0.6) is 11.5 Å². The van der Waals surface area contributed by atoms with Crippen molar-refractivity contribution in [3.05, 3.63) is 89.2 Å². The van der Waals surface area contributed by atoms with Gasteiger partial charge in [0.2, 0.25) is 0 Å². The van der Waals surface area contributed by atoms with Gasteiger partial charge in [0.15, 0.2) is 0 Å². The molecule has 0 aliphatic heterocycles. The molecule has 4 aromatic rings. The van der Waals surface area contributed by atoms with E-state index in [-0.39, 0.29) is 0 Å². The minimum absolute atomic E-state index is 0.438. The monoisotopic (exact) mass is 428 g/mol. The fraction of sp³-hybridized carbons (Fsp3) is 0.321. The summed E-state index contributed by atoms with van der Waals surface area (Å²) in [5.41, 5.74) is 5.74. The first-order valence-corrected chi connectivity index (χ1v) is 11.4. The Hall–Kier alpha value is -3.27. The second-order valence-electron chi connectivity index (χ2n) is 8.62. The molecule has 0 spiro atoms. The molecule has 3 aromatic carbocycles. The van der Waals surface area contributed by atoms with Crippen molar-refractivity contribution in [2.75, 3.05) is 6.61 Å². The van der Waals surface area contributed by atoms with Gasteiger partial charge in [-0.3, -0.25) is 0 Å². The van der Waals surface area contributed by atoms with E-state index in [1.807, 2.05) is 24.3 Å². The molecule has 0 aliphatic rings. The van der Waals surface area contributed by atoms with Crippen LogP contribution in [0.15, 0.2) is 66.7 Å². The maximum atomic E-state index is 6.21. The largest absolute Gasteiger partial charge is 0.493 e. The Morgan fingerprint density at radius 1 is 0.875 bits per heavy atom. The van der Waals surface area contributed by atoms with Gasteiger partial charge < -0.3 is 14.0 Å². The van der Waals surface area contributed by atoms with Crippen molar-refractivity contribution >= 4 is 11.0 Å². The van der Waals surface area contributed by atoms with Crippen molar-refractivity contribution in [2.45, 2.75) is 53.2 Å². The minimum Gasteiger partial charge on any atom is -0.493 e. The van der Waals surface area contributed by atoms with Gasteiger partial charge in [0.25, 0.3) is 0 Å². The summed E-state index contributed by atoms with van der Waals surface area (Å²) in [6.45, 7) is 10.5. The van der Waals surface area contributed by atoms with E-state index in [2.05, 4.69) is 74.7 Å². The first-order valence-electron chi connectivity index (χ1n) is 11.4. The van der Waals surface area contributed by atoms with Gasteiger partial charge >= 0.3 is 0 Å². The van der Waals surface area contributed by atoms with Gasteiger partial charge in [0.05, 0.1) is 17.6 Å². The Kier molecular flexibility index (Phi) is 6.79. The normalized spacial score (nSPS) is 11.3. The topological polar surface area (TPSA) is 36.3 Å². The first kappa shape index (κ1) is 21.9. The fourth-order valence-corrected chi connectivity index (χ4v) is 3.99. The average molecular weight is 429 g/mol. The standard InChI is InChI=1S/C28H32N2O2/c1-20(2)23-15-14-21(3)18-27(23)31-17-9-16-30-25-12-7-6-11-24(25)29-28(30)19-32-26-13-8-5-10-22(26)4/h5-8,10-15,18,20H,9,16-17,19H2,1-4H3. The third-order valence-corrected chi connectivity index (χ3v) is 5.76. The highest BCUT2D eigenvalue weighted by Gasteiger charge is 2.12. The number of imidazole rings is 1. The van der Waals surface area contributed by atoms with E-state index < -0.39 is 0 Å². The van der Waals surface area contributed by atoms with Crippen molar-refractivity contribution < 1.29 is 9.47 Å². The number of ether oxygens (including phenoxy) is 2. The molecule has 1 aromatic heterocycles. The zero-order valence-corrected chi connectivity index (χ0v) is 19.5. The van der Waals surface area contributed by atoms with Crippen LogP contribution in [0.3, 0.4) is 0 Å². The van der Waals surface area contributed by atoms with Gasteiger partial charge in [-0.25, -0.2) is 4.98 Å². The third kappa shape index (κ3) is 4.96. The molecule has 4 rings (SSSR count). The average Bonchev–Trinajstić information content (AvgIpc) is 3.13. The lowest BCUT2D eigenvalue weighted by atomic mass is 10.0. The lowest BCUT2D eigenvalue weighted by Crippen LogP contribution is -2.11. The van der Waals surface area contributed by atoms with E-state index in [0.29, 0.717) is 19.1 Å². The van der Waals surface area contributed by atoms with Crippen molar-refractivity contribution in [3.63, 3.8) is 0 Å². The molecule has 32 heavy (non-hydrogen) atoms. The lowest BCUT2D eigenvalue weighted by molar-refractivity contribution is 0.278. The Balaban J connectivity index is 1.46. The summed E-state index contributed by atoms with van der Waals surface area (Å²) in [6, 6.07) is 22.8. The number of para-hydroxylation sites is 3. The number of benzene rings is 3. The van der Waals surface area contributed by atoms with Crippen LogP contribution in [0.1, 0.15) is 48.7 Å². The van der Waals surface area contributed by atoms with Gasteiger partial charge in [0, 0.05) is 6.54 Å². The van der Waals surface area contributed by atoms with E-state index in [1.54, 1.807) is 0 Å². The quantitative estimate of drug-likeness (QED) is 0.274. The zero-order chi connectivity index (χ0) is 22.5. The molecule has 0 atom stereocenters. The first-order chi connectivity index (χ1) is 15.5. The molecule has 0 radical (unpaired) electrons. The van der Waals surface area contributed by atoms with Crippen LogP contribution in [0, 0.1) is 13.8 Å². The number of rotatable bonds is 9. The molecule has 4 nitrogen and oxygen atoms in total. The number of hydrogen-bond donors (Lipinski definition) is 0. The van der Waals surface area contributed by atoms with E-state index in [4.69, 9.17) is 14.5 Å². The van der Waals surface area contributed by atoms with Crippen LogP contribution in [0.25, 0.3) is 11.0 Å². The highest BCUT2D eigenvalue weighted by Crippen LogP contribution is 2.28. The Labute approximate surface area is 190 Å². The lowest BCUT2D eigenvalue weighted by Gasteiger charge is -2.16. The molecule has 166 valence electrons. The third-order valence-electron chi connectivity index (χ3n) is 5.76. The Morgan fingerprint density at radius 3 is 2.47 bits per heavy atom. The van der Waals surface area contributed by atoms with Crippen molar-refractivity contribution in [1.29, 1.82) is 0 Å². The SMILES string of the molecule is Cc1ccc(C(C)C)c(OCCCn2c(COc3ccccc3C)nc3ccccc32)c1. The molecule has 0 bridgehead atoms. The van der Waals surface area contributed by atoms with Gasteiger partial charge in [-0.1, -0.05) is 56.3 Å². The van der Waals surface area contributed by atoms with E-state index >= 15 is 0 Å². The van der Waals surface area contributed by atoms with E-state index in [0.717, 1.165) is 46.9 Å². The second-order valence-corrected chi connectivity index (χ2v) is 8.62. The highest BCUT2D eigenvalue weighted by molar-refractivity contribution is 5.75. The van der Waals surface area contributed by atoms with Crippen LogP contribution in [0.4, 0.5) is 0 Å². The molecule has 4 heteroatoms. The molecule has 0 saturated carbocycles. The highest BCUT2D eigenvalue weighted by atomic mass is 16.5. The summed E-state index contributed by atoms with van der Waals surface area (Å²) < 4.78 is 14.6. The fourth-order valence-electron chi connectivity index (χ4n) is 3.99. The molecule has 0 N–H and O–H groups in total. The van der Waals surface area contributed by atoms with Crippen molar-refractivity contribution in [3.8, 4) is 11.5 Å². The van der Waals surface area contributed by atoms with Crippen LogP contribution in [0.2, 0.25) is 0 Å². The number of hydrogen-bond acceptors (Lipinski definition) is 3. The Bertz CT molecular complexity index is 1190. The summed E-state index contributed by atoms with van der Waals surface area (Å²) >= 11 is 0. The number of aromatic nitrogens is 2. The van der Waals surface area contributed by atoms with Crippen LogP contribution in [-0.2, 0) is 13.2 Å². The molecule has 0 saturated heterocycles. The molecule has 1 heterocycles. The van der Waals surface area contributed by atoms with Crippen LogP contribution >= 0.6 is 0 Å². The molecular formula is C28H32N2O2. The predicted octanol–water partition coefficient (Wildman–Crippen LogP) is 6.82. The molecule has 0 amide bonds.